The summed E-state index contributed by atoms with van der Waals surface area (Å²) in [6, 6.07) is 5.20. The normalized spacial score (nSPS) is 18.3. The number of nitrogens with zero attached hydrogens (tertiary/aromatic N) is 7. The molecule has 11 heteroatoms. The number of rotatable bonds is 5. The van der Waals surface area contributed by atoms with Gasteiger partial charge < -0.3 is 14.5 Å². The molecule has 0 saturated heterocycles. The van der Waals surface area contributed by atoms with E-state index in [4.69, 9.17) is 4.98 Å². The molecule has 176 valence electrons. The number of hydrogen-bond donors (Lipinski definition) is 1. The third kappa shape index (κ3) is 3.59. The standard InChI is InChI=1S/C23H23F3N8/c1-2-33-20(13-5-7-15(8-6-13)23(24,25)26)30-18-19(27-12-28-22(18)33)29-16-9-10-17-31-32-21(14-3-4-14)34(17)11-16/h5-8,12,14,16H,2-4,9-11H2,1H3,(H,27,28,29)/t16-/m1/s1. The summed E-state index contributed by atoms with van der Waals surface area (Å²) in [5.74, 6) is 3.83. The summed E-state index contributed by atoms with van der Waals surface area (Å²) >= 11 is 0. The minimum Gasteiger partial charge on any atom is -0.364 e. The van der Waals surface area contributed by atoms with E-state index in [-0.39, 0.29) is 6.04 Å². The van der Waals surface area contributed by atoms with Crippen LogP contribution in [0.5, 0.6) is 0 Å². The molecule has 0 unspecified atom stereocenters. The maximum atomic E-state index is 13.0. The van der Waals surface area contributed by atoms with E-state index in [1.807, 2.05) is 11.5 Å². The van der Waals surface area contributed by atoms with Crippen molar-refractivity contribution in [3.05, 3.63) is 47.8 Å². The van der Waals surface area contributed by atoms with Crippen LogP contribution in [0.25, 0.3) is 22.6 Å². The van der Waals surface area contributed by atoms with Crippen LogP contribution in [-0.2, 0) is 25.7 Å². The number of fused-ring (bicyclic) bond motifs is 2. The van der Waals surface area contributed by atoms with E-state index < -0.39 is 11.7 Å². The van der Waals surface area contributed by atoms with E-state index in [1.165, 1.54) is 31.3 Å². The molecule has 1 aromatic carbocycles. The Morgan fingerprint density at radius 2 is 1.85 bits per heavy atom. The minimum absolute atomic E-state index is 0.139. The highest BCUT2D eigenvalue weighted by Crippen LogP contribution is 2.40. The Balaban J connectivity index is 1.32. The molecule has 2 aliphatic rings. The number of anilines is 1. The first-order chi connectivity index (χ1) is 16.4. The Labute approximate surface area is 193 Å². The highest BCUT2D eigenvalue weighted by atomic mass is 19.4. The van der Waals surface area contributed by atoms with Gasteiger partial charge in [0.15, 0.2) is 17.0 Å². The van der Waals surface area contributed by atoms with Crippen LogP contribution in [0.15, 0.2) is 30.6 Å². The van der Waals surface area contributed by atoms with Gasteiger partial charge in [0.05, 0.1) is 5.56 Å². The van der Waals surface area contributed by atoms with Gasteiger partial charge in [-0.3, -0.25) is 0 Å². The largest absolute Gasteiger partial charge is 0.416 e. The molecule has 8 nitrogen and oxygen atoms in total. The molecule has 1 atom stereocenters. The Morgan fingerprint density at radius 1 is 1.06 bits per heavy atom. The van der Waals surface area contributed by atoms with Crippen molar-refractivity contribution in [2.75, 3.05) is 5.32 Å². The van der Waals surface area contributed by atoms with Gasteiger partial charge in [0.1, 0.15) is 23.8 Å². The zero-order valence-electron chi connectivity index (χ0n) is 18.5. The SMILES string of the molecule is CCn1c(-c2ccc(C(F)(F)F)cc2)nc2c(N[C@@H]3CCc4nnc(C5CC5)n4C3)ncnc21. The number of imidazole rings is 1. The number of halogens is 3. The van der Waals surface area contributed by atoms with E-state index >= 15 is 0 Å². The summed E-state index contributed by atoms with van der Waals surface area (Å²) in [5, 5.41) is 12.3. The average Bonchev–Trinajstić information content (AvgIpc) is 3.46. The number of benzene rings is 1. The molecule has 0 spiro atoms. The Kier molecular flexibility index (Phi) is 4.82. The second kappa shape index (κ2) is 7.78. The molecule has 4 heterocycles. The molecule has 34 heavy (non-hydrogen) atoms. The second-order valence-corrected chi connectivity index (χ2v) is 8.89. The molecule has 0 amide bonds. The lowest BCUT2D eigenvalue weighted by Crippen LogP contribution is -2.32. The predicted octanol–water partition coefficient (Wildman–Crippen LogP) is 4.43. The number of alkyl halides is 3. The van der Waals surface area contributed by atoms with Gasteiger partial charge in [-0.25, -0.2) is 15.0 Å². The Hall–Kier alpha value is -3.50. The number of aryl methyl sites for hydroxylation is 2. The maximum absolute atomic E-state index is 13.0. The van der Waals surface area contributed by atoms with Gasteiger partial charge in [0, 0.05) is 37.0 Å². The lowest BCUT2D eigenvalue weighted by molar-refractivity contribution is -0.137. The zero-order valence-corrected chi connectivity index (χ0v) is 18.5. The monoisotopic (exact) mass is 468 g/mol. The van der Waals surface area contributed by atoms with Crippen LogP contribution in [0.4, 0.5) is 19.0 Å². The van der Waals surface area contributed by atoms with Crippen LogP contribution < -0.4 is 5.32 Å². The molecule has 1 aliphatic carbocycles. The second-order valence-electron chi connectivity index (χ2n) is 8.89. The molecule has 1 saturated carbocycles. The summed E-state index contributed by atoms with van der Waals surface area (Å²) in [5.41, 5.74) is 1.17. The van der Waals surface area contributed by atoms with Crippen molar-refractivity contribution in [3.8, 4) is 11.4 Å². The lowest BCUT2D eigenvalue weighted by atomic mass is 10.1. The van der Waals surface area contributed by atoms with Gasteiger partial charge in [-0.1, -0.05) is 12.1 Å². The van der Waals surface area contributed by atoms with Crippen LogP contribution in [-0.4, -0.2) is 40.3 Å². The van der Waals surface area contributed by atoms with Gasteiger partial charge in [0.25, 0.3) is 0 Å². The van der Waals surface area contributed by atoms with E-state index in [9.17, 15) is 13.2 Å². The fourth-order valence-electron chi connectivity index (χ4n) is 4.67. The van der Waals surface area contributed by atoms with E-state index in [0.29, 0.717) is 40.8 Å². The van der Waals surface area contributed by atoms with Gasteiger partial charge >= 0.3 is 6.18 Å². The summed E-state index contributed by atoms with van der Waals surface area (Å²) in [6.07, 6.45) is 1.20. The quantitative estimate of drug-likeness (QED) is 0.467. The van der Waals surface area contributed by atoms with Gasteiger partial charge in [0.2, 0.25) is 0 Å². The topological polar surface area (TPSA) is 86.3 Å². The third-order valence-corrected chi connectivity index (χ3v) is 6.58. The molecular formula is C23H23F3N8. The van der Waals surface area contributed by atoms with Crippen molar-refractivity contribution < 1.29 is 13.2 Å². The van der Waals surface area contributed by atoms with Crippen molar-refractivity contribution >= 4 is 17.0 Å². The van der Waals surface area contributed by atoms with Crippen molar-refractivity contribution in [3.63, 3.8) is 0 Å². The molecule has 1 N–H and O–H groups in total. The summed E-state index contributed by atoms with van der Waals surface area (Å²) in [4.78, 5) is 13.6. The fourth-order valence-corrected chi connectivity index (χ4v) is 4.67. The summed E-state index contributed by atoms with van der Waals surface area (Å²) in [7, 11) is 0. The Bertz CT molecular complexity index is 1350. The predicted molar refractivity (Wildman–Crippen MR) is 119 cm³/mol. The van der Waals surface area contributed by atoms with Crippen molar-refractivity contribution in [2.45, 2.75) is 63.8 Å². The van der Waals surface area contributed by atoms with Crippen molar-refractivity contribution in [1.82, 2.24) is 34.3 Å². The summed E-state index contributed by atoms with van der Waals surface area (Å²) in [6.45, 7) is 3.29. The minimum atomic E-state index is -4.38. The van der Waals surface area contributed by atoms with Crippen LogP contribution in [0.1, 0.15) is 49.3 Å². The fraction of sp³-hybridized carbons (Fsp3) is 0.435. The average molecular weight is 468 g/mol. The van der Waals surface area contributed by atoms with Gasteiger partial charge in [-0.15, -0.1) is 10.2 Å². The highest BCUT2D eigenvalue weighted by molar-refractivity contribution is 5.86. The number of hydrogen-bond acceptors (Lipinski definition) is 6. The first-order valence-corrected chi connectivity index (χ1v) is 11.5. The van der Waals surface area contributed by atoms with Crippen LogP contribution >= 0.6 is 0 Å². The smallest absolute Gasteiger partial charge is 0.364 e. The molecule has 4 aromatic rings. The van der Waals surface area contributed by atoms with E-state index in [0.717, 1.165) is 43.2 Å². The molecule has 1 aliphatic heterocycles. The van der Waals surface area contributed by atoms with E-state index in [2.05, 4.69) is 30.0 Å². The Morgan fingerprint density at radius 3 is 2.56 bits per heavy atom. The van der Waals surface area contributed by atoms with Gasteiger partial charge in [-0.05, 0) is 38.3 Å². The van der Waals surface area contributed by atoms with Crippen molar-refractivity contribution in [1.29, 1.82) is 0 Å². The first-order valence-electron chi connectivity index (χ1n) is 11.5. The number of aromatic nitrogens is 7. The molecule has 0 bridgehead atoms. The van der Waals surface area contributed by atoms with Gasteiger partial charge in [-0.2, -0.15) is 13.2 Å². The van der Waals surface area contributed by atoms with Crippen molar-refractivity contribution in [2.24, 2.45) is 0 Å². The van der Waals surface area contributed by atoms with Crippen LogP contribution in [0, 0.1) is 0 Å². The summed E-state index contributed by atoms with van der Waals surface area (Å²) < 4.78 is 43.1. The van der Waals surface area contributed by atoms with Crippen LogP contribution in [0.3, 0.4) is 0 Å². The molecule has 6 rings (SSSR count). The molecule has 0 radical (unpaired) electrons. The third-order valence-electron chi connectivity index (χ3n) is 6.58. The number of nitrogens with one attached hydrogen (secondary N) is 1. The highest BCUT2D eigenvalue weighted by Gasteiger charge is 2.33. The van der Waals surface area contributed by atoms with E-state index in [1.54, 1.807) is 0 Å². The maximum Gasteiger partial charge on any atom is 0.416 e. The molecule has 1 fully saturated rings. The van der Waals surface area contributed by atoms with Crippen LogP contribution in [0.2, 0.25) is 0 Å². The zero-order chi connectivity index (χ0) is 23.4. The molecular weight excluding hydrogens is 445 g/mol. The lowest BCUT2D eigenvalue weighted by Gasteiger charge is -2.25. The first kappa shape index (κ1) is 21.1. The molecule has 3 aromatic heterocycles.